The fourth-order valence-electron chi connectivity index (χ4n) is 6.31. The van der Waals surface area contributed by atoms with Crippen molar-refractivity contribution in [2.24, 2.45) is 11.5 Å². The molecular weight excluding hydrogens is 662 g/mol. The number of H-pyrrole nitrogens is 2. The number of imidazole rings is 2. The Hall–Kier alpha value is -6.03. The van der Waals surface area contributed by atoms with Gasteiger partial charge in [-0.05, 0) is 89.4 Å². The predicted molar refractivity (Wildman–Crippen MR) is 200 cm³/mol. The zero-order valence-corrected chi connectivity index (χ0v) is 29.9. The monoisotopic (exact) mass is 707 g/mol. The third-order valence-electron chi connectivity index (χ3n) is 8.99. The molecule has 4 heterocycles. The van der Waals surface area contributed by atoms with E-state index in [-0.39, 0.29) is 17.8 Å². The number of aromatic amines is 2. The number of nitrogens with zero attached hydrogens (tertiary/aromatic N) is 7. The molecule has 0 fully saturated rings. The minimum absolute atomic E-state index is 0.0690. The predicted octanol–water partition coefficient (Wildman–Crippen LogP) is 4.40. The number of nitrogens with one attached hydrogen (secondary N) is 4. The molecule has 0 aliphatic heterocycles. The molecule has 0 spiro atoms. The molecule has 0 saturated carbocycles. The number of amides is 3. The molecule has 0 saturated heterocycles. The van der Waals surface area contributed by atoms with Crippen molar-refractivity contribution in [3.8, 4) is 0 Å². The van der Waals surface area contributed by atoms with Crippen molar-refractivity contribution in [1.29, 1.82) is 0 Å². The van der Waals surface area contributed by atoms with Crippen molar-refractivity contribution in [3.05, 3.63) is 76.2 Å². The maximum absolute atomic E-state index is 13.6. The van der Waals surface area contributed by atoms with Gasteiger partial charge in [0.2, 0.25) is 17.8 Å². The van der Waals surface area contributed by atoms with Crippen LogP contribution >= 0.6 is 0 Å². The average Bonchev–Trinajstić information content (AvgIpc) is 3.89. The summed E-state index contributed by atoms with van der Waals surface area (Å²) in [5.41, 5.74) is 17.7. The number of hydrogen-bond acceptors (Lipinski definition) is 9. The molecule has 0 bridgehead atoms. The second-order valence-electron chi connectivity index (χ2n) is 12.9. The van der Waals surface area contributed by atoms with E-state index in [0.717, 1.165) is 54.0 Å². The number of rotatable bonds is 16. The standard InChI is InChI=1S/C36H45N13O3/c1-5-48-31(33(51)44-36-40-26-13-11-23(32(38)50)19-28(26)42-36)25(22(3)46-48)10-7-6-8-17-49-30(18-21(2)45-49)43-35-39-27-14-12-24(20-29(27)41-35)34(52)47(4)16-9-15-37/h11-14,18-20H,5-10,15-17,37H2,1-4H3,(H2,38,50)(H2,39,41,43)(H2,40,42,44,51). The van der Waals surface area contributed by atoms with Crippen molar-refractivity contribution >= 4 is 57.5 Å². The van der Waals surface area contributed by atoms with Gasteiger partial charge in [-0.25, -0.2) is 14.6 Å². The molecule has 8 N–H and O–H groups in total. The minimum Gasteiger partial charge on any atom is -0.366 e. The number of aryl methyl sites for hydroxylation is 4. The largest absolute Gasteiger partial charge is 0.366 e. The summed E-state index contributed by atoms with van der Waals surface area (Å²) in [5, 5.41) is 15.6. The van der Waals surface area contributed by atoms with Gasteiger partial charge in [-0.2, -0.15) is 10.2 Å². The maximum Gasteiger partial charge on any atom is 0.276 e. The fraction of sp³-hybridized carbons (Fsp3) is 0.361. The number of anilines is 3. The van der Waals surface area contributed by atoms with Crippen LogP contribution in [0.15, 0.2) is 42.5 Å². The van der Waals surface area contributed by atoms with Crippen LogP contribution in [0.1, 0.15) is 80.8 Å². The molecule has 16 nitrogen and oxygen atoms in total. The SMILES string of the molecule is CCn1nc(C)c(CCCCCn2nc(C)cc2Nc2nc3cc(C(=O)N(C)CCCN)ccc3[nH]2)c1C(=O)Nc1nc2cc(C(N)=O)ccc2[nH]1. The molecule has 6 aromatic rings. The zero-order valence-electron chi connectivity index (χ0n) is 29.9. The van der Waals surface area contributed by atoms with E-state index in [1.54, 1.807) is 47.0 Å². The van der Waals surface area contributed by atoms with Gasteiger partial charge in [0.1, 0.15) is 11.5 Å². The van der Waals surface area contributed by atoms with E-state index in [2.05, 4.69) is 35.8 Å². The maximum atomic E-state index is 13.6. The van der Waals surface area contributed by atoms with Crippen LogP contribution in [-0.2, 0) is 19.5 Å². The molecule has 3 amide bonds. The second kappa shape index (κ2) is 15.5. The lowest BCUT2D eigenvalue weighted by atomic mass is 10.0. The highest BCUT2D eigenvalue weighted by Crippen LogP contribution is 2.23. The van der Waals surface area contributed by atoms with E-state index in [9.17, 15) is 14.4 Å². The zero-order chi connectivity index (χ0) is 36.9. The first-order chi connectivity index (χ1) is 25.0. The number of carbonyl (C=O) groups is 3. The topological polar surface area (TPSA) is 224 Å². The van der Waals surface area contributed by atoms with Gasteiger partial charge < -0.3 is 31.7 Å². The highest BCUT2D eigenvalue weighted by atomic mass is 16.2. The number of unbranched alkanes of at least 4 members (excludes halogenated alkanes) is 2. The minimum atomic E-state index is -0.546. The fourth-order valence-corrected chi connectivity index (χ4v) is 6.31. The Bertz CT molecular complexity index is 2240. The van der Waals surface area contributed by atoms with Crippen LogP contribution < -0.4 is 22.1 Å². The van der Waals surface area contributed by atoms with Crippen LogP contribution in [0.5, 0.6) is 0 Å². The third kappa shape index (κ3) is 7.81. The Morgan fingerprint density at radius 2 is 1.56 bits per heavy atom. The number of carbonyl (C=O) groups excluding carboxylic acids is 3. The lowest BCUT2D eigenvalue weighted by Gasteiger charge is -2.16. The van der Waals surface area contributed by atoms with E-state index >= 15 is 0 Å². The summed E-state index contributed by atoms with van der Waals surface area (Å²) in [6.07, 6.45) is 4.06. The van der Waals surface area contributed by atoms with Gasteiger partial charge in [-0.15, -0.1) is 0 Å². The van der Waals surface area contributed by atoms with Crippen molar-refractivity contribution in [2.75, 3.05) is 30.8 Å². The van der Waals surface area contributed by atoms with E-state index in [4.69, 9.17) is 16.5 Å². The van der Waals surface area contributed by atoms with Gasteiger partial charge >= 0.3 is 0 Å². The van der Waals surface area contributed by atoms with Crippen LogP contribution in [0.4, 0.5) is 17.7 Å². The van der Waals surface area contributed by atoms with Gasteiger partial charge in [0, 0.05) is 49.4 Å². The van der Waals surface area contributed by atoms with Crippen LogP contribution in [0.2, 0.25) is 0 Å². The molecule has 16 heteroatoms. The second-order valence-corrected chi connectivity index (χ2v) is 12.9. The van der Waals surface area contributed by atoms with Crippen LogP contribution in [0.3, 0.4) is 0 Å². The third-order valence-corrected chi connectivity index (χ3v) is 8.99. The number of aromatic nitrogens is 8. The van der Waals surface area contributed by atoms with E-state index in [1.807, 2.05) is 37.6 Å². The highest BCUT2D eigenvalue weighted by Gasteiger charge is 2.22. The van der Waals surface area contributed by atoms with Crippen molar-refractivity contribution in [2.45, 2.75) is 66.0 Å². The molecule has 4 aromatic heterocycles. The lowest BCUT2D eigenvalue weighted by molar-refractivity contribution is 0.0794. The Kier molecular flexibility index (Phi) is 10.6. The Balaban J connectivity index is 1.06. The molecule has 6 rings (SSSR count). The summed E-state index contributed by atoms with van der Waals surface area (Å²) in [7, 11) is 1.77. The summed E-state index contributed by atoms with van der Waals surface area (Å²) in [6.45, 7) is 8.18. The summed E-state index contributed by atoms with van der Waals surface area (Å²) < 4.78 is 3.65. The number of nitrogens with two attached hydrogens (primary N) is 2. The van der Waals surface area contributed by atoms with Gasteiger partial charge in [-0.3, -0.25) is 24.4 Å². The average molecular weight is 708 g/mol. The Morgan fingerprint density at radius 3 is 2.27 bits per heavy atom. The van der Waals surface area contributed by atoms with Gasteiger partial charge in [-0.1, -0.05) is 6.42 Å². The highest BCUT2D eigenvalue weighted by molar-refractivity contribution is 6.04. The Morgan fingerprint density at radius 1 is 0.865 bits per heavy atom. The van der Waals surface area contributed by atoms with Gasteiger partial charge in [0.15, 0.2) is 0 Å². The quantitative estimate of drug-likeness (QED) is 0.0783. The van der Waals surface area contributed by atoms with Crippen molar-refractivity contribution < 1.29 is 14.4 Å². The van der Waals surface area contributed by atoms with Crippen LogP contribution in [0, 0.1) is 13.8 Å². The van der Waals surface area contributed by atoms with E-state index in [0.29, 0.717) is 71.9 Å². The summed E-state index contributed by atoms with van der Waals surface area (Å²) >= 11 is 0. The van der Waals surface area contributed by atoms with Crippen molar-refractivity contribution in [1.82, 2.24) is 44.4 Å². The lowest BCUT2D eigenvalue weighted by Crippen LogP contribution is -2.28. The molecular formula is C36H45N13O3. The van der Waals surface area contributed by atoms with Gasteiger partial charge in [0.05, 0.1) is 33.5 Å². The van der Waals surface area contributed by atoms with E-state index in [1.165, 1.54) is 0 Å². The molecule has 0 radical (unpaired) electrons. The normalized spacial score (nSPS) is 11.4. The molecule has 0 aliphatic rings. The van der Waals surface area contributed by atoms with Crippen molar-refractivity contribution in [3.63, 3.8) is 0 Å². The first kappa shape index (κ1) is 35.8. The summed E-state index contributed by atoms with van der Waals surface area (Å²) in [5.74, 6) is 0.722. The van der Waals surface area contributed by atoms with Gasteiger partial charge in [0.25, 0.3) is 11.8 Å². The molecule has 52 heavy (non-hydrogen) atoms. The number of fused-ring (bicyclic) bond motifs is 2. The summed E-state index contributed by atoms with van der Waals surface area (Å²) in [4.78, 5) is 55.2. The Labute approximate surface area is 300 Å². The molecule has 272 valence electrons. The van der Waals surface area contributed by atoms with Crippen LogP contribution in [0.25, 0.3) is 22.1 Å². The molecule has 0 unspecified atom stereocenters. The molecule has 0 atom stereocenters. The number of primary amides is 1. The summed E-state index contributed by atoms with van der Waals surface area (Å²) in [6, 6.07) is 12.3. The first-order valence-corrected chi connectivity index (χ1v) is 17.5. The first-order valence-electron chi connectivity index (χ1n) is 17.5. The smallest absolute Gasteiger partial charge is 0.276 e. The number of hydrogen-bond donors (Lipinski definition) is 6. The molecule has 2 aromatic carbocycles. The number of benzene rings is 2. The van der Waals surface area contributed by atoms with E-state index < -0.39 is 5.91 Å². The molecule has 0 aliphatic carbocycles. The van der Waals surface area contributed by atoms with Crippen LogP contribution in [-0.4, -0.2) is 82.3 Å².